The lowest BCUT2D eigenvalue weighted by molar-refractivity contribution is 0.365. The van der Waals surface area contributed by atoms with E-state index in [1.165, 1.54) is 12.1 Å². The van der Waals surface area contributed by atoms with Crippen molar-refractivity contribution in [3.05, 3.63) is 29.8 Å². The van der Waals surface area contributed by atoms with Gasteiger partial charge in [0.05, 0.1) is 4.90 Å². The van der Waals surface area contributed by atoms with Crippen LogP contribution in [0.4, 0.5) is 0 Å². The molecule has 0 saturated carbocycles. The Morgan fingerprint density at radius 1 is 1.05 bits per heavy atom. The minimum absolute atomic E-state index is 0.0992. The molecule has 0 aliphatic rings. The smallest absolute Gasteiger partial charge is 0.297 e. The highest BCUT2D eigenvalue weighted by Crippen LogP contribution is 2.55. The molecule has 114 valence electrons. The Morgan fingerprint density at radius 3 is 1.90 bits per heavy atom. The summed E-state index contributed by atoms with van der Waals surface area (Å²) in [5.41, 5.74) is 0.769. The third kappa shape index (κ3) is 3.94. The molecule has 1 aromatic rings. The molecule has 0 fully saturated rings. The van der Waals surface area contributed by atoms with Crippen LogP contribution in [0.5, 0.6) is 0 Å². The van der Waals surface area contributed by atoms with Gasteiger partial charge in [-0.1, -0.05) is 45.4 Å². The maximum absolute atomic E-state index is 12.8. The first kappa shape index (κ1) is 17.4. The third-order valence-corrected chi connectivity index (χ3v) is 8.95. The lowest BCUT2D eigenvalue weighted by atomic mass is 10.2. The van der Waals surface area contributed by atoms with Gasteiger partial charge in [-0.25, -0.2) is 0 Å². The van der Waals surface area contributed by atoms with E-state index in [-0.39, 0.29) is 22.6 Å². The van der Waals surface area contributed by atoms with E-state index in [2.05, 4.69) is 0 Å². The summed E-state index contributed by atoms with van der Waals surface area (Å²) in [5, 5.41) is 0. The summed E-state index contributed by atoms with van der Waals surface area (Å²) in [4.78, 5) is 0.0992. The predicted octanol–water partition coefficient (Wildman–Crippen LogP) is 3.84. The topological polar surface area (TPSA) is 60.4 Å². The summed E-state index contributed by atoms with van der Waals surface area (Å²) in [6.07, 6.45) is -0.238. The number of aryl methyl sites for hydroxylation is 1. The Hall–Kier alpha value is -0.640. The van der Waals surface area contributed by atoms with E-state index < -0.39 is 17.3 Å². The van der Waals surface area contributed by atoms with Gasteiger partial charge in [-0.15, -0.1) is 0 Å². The van der Waals surface area contributed by atoms with Crippen LogP contribution >= 0.6 is 7.14 Å². The predicted molar refractivity (Wildman–Crippen MR) is 82.2 cm³/mol. The van der Waals surface area contributed by atoms with Crippen molar-refractivity contribution >= 4 is 17.3 Å². The summed E-state index contributed by atoms with van der Waals surface area (Å²) in [7, 11) is -6.54. The van der Waals surface area contributed by atoms with E-state index >= 15 is 0 Å². The Morgan fingerprint density at radius 2 is 1.50 bits per heavy atom. The second kappa shape index (κ2) is 6.42. The molecule has 0 amide bonds. The fourth-order valence-corrected chi connectivity index (χ4v) is 5.43. The average molecular weight is 318 g/mol. The molecule has 0 spiro atoms. The van der Waals surface area contributed by atoms with Gasteiger partial charge in [0.1, 0.15) is 13.5 Å². The zero-order chi connectivity index (χ0) is 15.6. The maximum atomic E-state index is 12.8. The molecule has 20 heavy (non-hydrogen) atoms. The fourth-order valence-electron chi connectivity index (χ4n) is 1.82. The van der Waals surface area contributed by atoms with Crippen LogP contribution in [0.1, 0.15) is 33.3 Å². The fraction of sp³-hybridized carbons (Fsp3) is 0.571. The van der Waals surface area contributed by atoms with E-state index in [0.717, 1.165) is 5.56 Å². The zero-order valence-electron chi connectivity index (χ0n) is 12.7. The molecule has 0 saturated heterocycles. The molecular weight excluding hydrogens is 295 g/mol. The van der Waals surface area contributed by atoms with Gasteiger partial charge in [-0.2, -0.15) is 8.42 Å². The molecule has 0 radical (unpaired) electrons. The summed E-state index contributed by atoms with van der Waals surface area (Å²) in [6, 6.07) is 6.42. The Labute approximate surface area is 122 Å². The highest BCUT2D eigenvalue weighted by Gasteiger charge is 2.33. The minimum Gasteiger partial charge on any atom is -0.321 e. The number of benzene rings is 1. The Kier molecular flexibility index (Phi) is 5.59. The van der Waals surface area contributed by atoms with Crippen LogP contribution in [0.2, 0.25) is 0 Å². The summed E-state index contributed by atoms with van der Waals surface area (Å²) < 4.78 is 42.0. The van der Waals surface area contributed by atoms with Gasteiger partial charge in [0, 0.05) is 11.3 Å². The van der Waals surface area contributed by atoms with E-state index in [1.807, 2.05) is 34.6 Å². The summed E-state index contributed by atoms with van der Waals surface area (Å²) in [6.45, 7) is 9.22. The summed E-state index contributed by atoms with van der Waals surface area (Å²) >= 11 is 0. The molecule has 0 atom stereocenters. The Balaban J connectivity index is 2.93. The second-order valence-corrected chi connectivity index (χ2v) is 11.2. The van der Waals surface area contributed by atoms with Crippen molar-refractivity contribution in [1.82, 2.24) is 0 Å². The van der Waals surface area contributed by atoms with Gasteiger partial charge >= 0.3 is 0 Å². The van der Waals surface area contributed by atoms with Crippen molar-refractivity contribution in [2.24, 2.45) is 0 Å². The molecule has 1 rings (SSSR count). The van der Waals surface area contributed by atoms with Gasteiger partial charge in [0.2, 0.25) is 0 Å². The lowest BCUT2D eigenvalue weighted by Crippen LogP contribution is -2.16. The highest BCUT2D eigenvalue weighted by molar-refractivity contribution is 7.87. The average Bonchev–Trinajstić information content (AvgIpc) is 2.36. The van der Waals surface area contributed by atoms with Crippen LogP contribution < -0.4 is 0 Å². The first-order chi connectivity index (χ1) is 9.09. The monoisotopic (exact) mass is 318 g/mol. The standard InChI is InChI=1S/C14H23O4PS/c1-11(2)19(15,12(3)4)10-18-20(16,17)14-8-6-13(5)7-9-14/h6-9,11-12H,10H2,1-5H3. The van der Waals surface area contributed by atoms with Gasteiger partial charge in [-0.05, 0) is 19.1 Å². The Bertz CT molecular complexity index is 576. The molecule has 0 aliphatic heterocycles. The third-order valence-electron chi connectivity index (χ3n) is 3.47. The van der Waals surface area contributed by atoms with Crippen molar-refractivity contribution in [2.75, 3.05) is 6.35 Å². The van der Waals surface area contributed by atoms with E-state index in [9.17, 15) is 13.0 Å². The van der Waals surface area contributed by atoms with Crippen LogP contribution in [0.3, 0.4) is 0 Å². The SMILES string of the molecule is Cc1ccc(S(=O)(=O)OCP(=O)(C(C)C)C(C)C)cc1. The van der Waals surface area contributed by atoms with Gasteiger partial charge in [0.25, 0.3) is 10.1 Å². The number of hydrogen-bond donors (Lipinski definition) is 0. The minimum atomic E-state index is -3.85. The maximum Gasteiger partial charge on any atom is 0.297 e. The molecule has 6 heteroatoms. The van der Waals surface area contributed by atoms with Gasteiger partial charge in [0.15, 0.2) is 0 Å². The van der Waals surface area contributed by atoms with Crippen molar-refractivity contribution in [3.8, 4) is 0 Å². The van der Waals surface area contributed by atoms with E-state index in [4.69, 9.17) is 4.18 Å². The van der Waals surface area contributed by atoms with Crippen molar-refractivity contribution < 1.29 is 17.2 Å². The molecule has 0 bridgehead atoms. The van der Waals surface area contributed by atoms with Crippen molar-refractivity contribution in [3.63, 3.8) is 0 Å². The van der Waals surface area contributed by atoms with Crippen LogP contribution in [0, 0.1) is 6.92 Å². The van der Waals surface area contributed by atoms with Crippen LogP contribution in [0.25, 0.3) is 0 Å². The number of rotatable bonds is 6. The largest absolute Gasteiger partial charge is 0.321 e. The van der Waals surface area contributed by atoms with E-state index in [1.54, 1.807) is 12.1 Å². The second-order valence-electron chi connectivity index (χ2n) is 5.56. The lowest BCUT2D eigenvalue weighted by Gasteiger charge is -2.25. The van der Waals surface area contributed by atoms with Crippen molar-refractivity contribution in [1.29, 1.82) is 0 Å². The van der Waals surface area contributed by atoms with Gasteiger partial charge < -0.3 is 4.57 Å². The van der Waals surface area contributed by atoms with E-state index in [0.29, 0.717) is 0 Å². The number of hydrogen-bond acceptors (Lipinski definition) is 4. The molecule has 4 nitrogen and oxygen atoms in total. The first-order valence-electron chi connectivity index (χ1n) is 6.64. The van der Waals surface area contributed by atoms with Gasteiger partial charge in [-0.3, -0.25) is 4.18 Å². The molecular formula is C14H23O4PS. The molecule has 0 N–H and O–H groups in total. The van der Waals surface area contributed by atoms with Crippen molar-refractivity contribution in [2.45, 2.75) is 50.8 Å². The van der Waals surface area contributed by atoms with Crippen LogP contribution in [-0.4, -0.2) is 26.1 Å². The molecule has 0 heterocycles. The molecule has 0 unspecified atom stereocenters. The summed E-state index contributed by atoms with van der Waals surface area (Å²) in [5.74, 6) is 0. The highest BCUT2D eigenvalue weighted by atomic mass is 32.2. The first-order valence-corrected chi connectivity index (χ1v) is 10.1. The normalized spacial score (nSPS) is 13.2. The molecule has 0 aromatic heterocycles. The van der Waals surface area contributed by atoms with Crippen LogP contribution in [0.15, 0.2) is 29.2 Å². The molecule has 0 aliphatic carbocycles. The molecule has 1 aromatic carbocycles. The zero-order valence-corrected chi connectivity index (χ0v) is 14.4. The van der Waals surface area contributed by atoms with Crippen LogP contribution in [-0.2, 0) is 18.9 Å². The quantitative estimate of drug-likeness (QED) is 0.590.